The number of amides is 1. The SMILES string of the molecule is Cc1ccc2occ(CC(=O)NC3(c4cccc(C#N)c4)CCOCC3)c2c1. The number of fused-ring (bicyclic) bond motifs is 1. The predicted molar refractivity (Wildman–Crippen MR) is 106 cm³/mol. The lowest BCUT2D eigenvalue weighted by Crippen LogP contribution is -2.50. The van der Waals surface area contributed by atoms with Gasteiger partial charge in [-0.1, -0.05) is 23.8 Å². The number of ether oxygens (including phenoxy) is 1. The molecule has 1 amide bonds. The molecule has 0 bridgehead atoms. The molecule has 0 spiro atoms. The van der Waals surface area contributed by atoms with Gasteiger partial charge in [-0.2, -0.15) is 5.26 Å². The van der Waals surface area contributed by atoms with Gasteiger partial charge in [-0.3, -0.25) is 4.79 Å². The quantitative estimate of drug-likeness (QED) is 0.750. The molecule has 1 N–H and O–H groups in total. The third-order valence-electron chi connectivity index (χ3n) is 5.43. The van der Waals surface area contributed by atoms with Crippen LogP contribution in [0.2, 0.25) is 0 Å². The first-order chi connectivity index (χ1) is 13.6. The fourth-order valence-electron chi connectivity index (χ4n) is 3.91. The zero-order valence-corrected chi connectivity index (χ0v) is 15.8. The van der Waals surface area contributed by atoms with E-state index in [4.69, 9.17) is 9.15 Å². The fraction of sp³-hybridized carbons (Fsp3) is 0.304. The maximum Gasteiger partial charge on any atom is 0.225 e. The molecule has 0 saturated carbocycles. The van der Waals surface area contributed by atoms with Crippen LogP contribution in [0, 0.1) is 18.3 Å². The molecule has 0 radical (unpaired) electrons. The average molecular weight is 374 g/mol. The highest BCUT2D eigenvalue weighted by Crippen LogP contribution is 2.33. The van der Waals surface area contributed by atoms with Crippen LogP contribution in [0.5, 0.6) is 0 Å². The maximum absolute atomic E-state index is 13.0. The summed E-state index contributed by atoms with van der Waals surface area (Å²) in [4.78, 5) is 13.0. The smallest absolute Gasteiger partial charge is 0.225 e. The Morgan fingerprint density at radius 2 is 2.04 bits per heavy atom. The van der Waals surface area contributed by atoms with Gasteiger partial charge in [0, 0.05) is 24.2 Å². The van der Waals surface area contributed by atoms with Gasteiger partial charge in [0.25, 0.3) is 0 Å². The van der Waals surface area contributed by atoms with Crippen LogP contribution < -0.4 is 5.32 Å². The van der Waals surface area contributed by atoms with E-state index in [-0.39, 0.29) is 12.3 Å². The Morgan fingerprint density at radius 3 is 2.82 bits per heavy atom. The van der Waals surface area contributed by atoms with Crippen molar-refractivity contribution in [3.63, 3.8) is 0 Å². The standard InChI is InChI=1S/C23H22N2O3/c1-16-5-6-21-20(11-16)18(15-28-21)13-22(26)25-23(7-9-27-10-8-23)19-4-2-3-17(12-19)14-24/h2-6,11-12,15H,7-10,13H2,1H3,(H,25,26). The molecule has 3 aromatic rings. The molecule has 1 aliphatic heterocycles. The van der Waals surface area contributed by atoms with Crippen molar-refractivity contribution in [2.75, 3.05) is 13.2 Å². The van der Waals surface area contributed by atoms with Crippen molar-refractivity contribution in [3.8, 4) is 6.07 Å². The summed E-state index contributed by atoms with van der Waals surface area (Å²) in [5.74, 6) is -0.0616. The summed E-state index contributed by atoms with van der Waals surface area (Å²) in [7, 11) is 0. The van der Waals surface area contributed by atoms with Crippen LogP contribution in [0.4, 0.5) is 0 Å². The monoisotopic (exact) mass is 374 g/mol. The minimum Gasteiger partial charge on any atom is -0.464 e. The summed E-state index contributed by atoms with van der Waals surface area (Å²) in [6, 6.07) is 15.6. The van der Waals surface area contributed by atoms with Crippen molar-refractivity contribution in [1.82, 2.24) is 5.32 Å². The molecular formula is C23H22N2O3. The van der Waals surface area contributed by atoms with Crippen molar-refractivity contribution >= 4 is 16.9 Å². The number of aryl methyl sites for hydroxylation is 1. The zero-order valence-electron chi connectivity index (χ0n) is 15.8. The highest BCUT2D eigenvalue weighted by Gasteiger charge is 2.36. The fourth-order valence-corrected chi connectivity index (χ4v) is 3.91. The van der Waals surface area contributed by atoms with Gasteiger partial charge in [-0.05, 0) is 49.6 Å². The van der Waals surface area contributed by atoms with E-state index in [0.29, 0.717) is 31.6 Å². The van der Waals surface area contributed by atoms with Gasteiger partial charge >= 0.3 is 0 Å². The van der Waals surface area contributed by atoms with Gasteiger partial charge < -0.3 is 14.5 Å². The summed E-state index contributed by atoms with van der Waals surface area (Å²) in [6.45, 7) is 3.17. The Hall–Kier alpha value is -3.10. The number of nitrogens with zero attached hydrogens (tertiary/aromatic N) is 1. The summed E-state index contributed by atoms with van der Waals surface area (Å²) < 4.78 is 11.1. The number of nitriles is 1. The highest BCUT2D eigenvalue weighted by atomic mass is 16.5. The van der Waals surface area contributed by atoms with Crippen LogP contribution in [0.1, 0.15) is 35.1 Å². The van der Waals surface area contributed by atoms with E-state index in [9.17, 15) is 10.1 Å². The van der Waals surface area contributed by atoms with Crippen LogP contribution >= 0.6 is 0 Å². The Bertz CT molecular complexity index is 1060. The summed E-state index contributed by atoms with van der Waals surface area (Å²) in [5.41, 5.74) is 3.83. The summed E-state index contributed by atoms with van der Waals surface area (Å²) >= 11 is 0. The van der Waals surface area contributed by atoms with Crippen molar-refractivity contribution < 1.29 is 13.9 Å². The lowest BCUT2D eigenvalue weighted by atomic mass is 9.82. The van der Waals surface area contributed by atoms with Gasteiger partial charge in [-0.15, -0.1) is 0 Å². The Kier molecular flexibility index (Phi) is 4.89. The van der Waals surface area contributed by atoms with E-state index in [0.717, 1.165) is 27.7 Å². The first-order valence-electron chi connectivity index (χ1n) is 9.46. The summed E-state index contributed by atoms with van der Waals surface area (Å²) in [6.07, 6.45) is 3.27. The van der Waals surface area contributed by atoms with E-state index in [1.165, 1.54) is 0 Å². The minimum absolute atomic E-state index is 0.0616. The van der Waals surface area contributed by atoms with E-state index in [1.807, 2.05) is 43.3 Å². The molecule has 5 nitrogen and oxygen atoms in total. The number of hydrogen-bond donors (Lipinski definition) is 1. The number of nitrogens with one attached hydrogen (secondary N) is 1. The highest BCUT2D eigenvalue weighted by molar-refractivity contribution is 5.88. The topological polar surface area (TPSA) is 75.3 Å². The normalized spacial score (nSPS) is 15.9. The second-order valence-electron chi connectivity index (χ2n) is 7.37. The molecule has 4 rings (SSSR count). The van der Waals surface area contributed by atoms with Gasteiger partial charge in [0.1, 0.15) is 5.58 Å². The van der Waals surface area contributed by atoms with E-state index in [2.05, 4.69) is 11.4 Å². The second-order valence-corrected chi connectivity index (χ2v) is 7.37. The third kappa shape index (κ3) is 3.51. The average Bonchev–Trinajstić information content (AvgIpc) is 3.10. The second kappa shape index (κ2) is 7.49. The van der Waals surface area contributed by atoms with Crippen molar-refractivity contribution in [2.45, 2.75) is 31.7 Å². The molecule has 28 heavy (non-hydrogen) atoms. The van der Waals surface area contributed by atoms with Crippen LogP contribution in [-0.4, -0.2) is 19.1 Å². The molecule has 2 aromatic carbocycles. The molecule has 0 atom stereocenters. The molecule has 0 aliphatic carbocycles. The largest absolute Gasteiger partial charge is 0.464 e. The van der Waals surface area contributed by atoms with Crippen LogP contribution in [-0.2, 0) is 21.5 Å². The molecule has 142 valence electrons. The minimum atomic E-state index is -0.516. The Morgan fingerprint density at radius 1 is 1.21 bits per heavy atom. The Labute approximate surface area is 163 Å². The molecule has 1 aliphatic rings. The molecular weight excluding hydrogens is 352 g/mol. The van der Waals surface area contributed by atoms with Crippen molar-refractivity contribution in [3.05, 3.63) is 71.0 Å². The molecule has 1 saturated heterocycles. The number of furan rings is 1. The first kappa shape index (κ1) is 18.3. The van der Waals surface area contributed by atoms with Crippen molar-refractivity contribution in [2.24, 2.45) is 0 Å². The number of benzene rings is 2. The molecule has 1 aromatic heterocycles. The Balaban J connectivity index is 1.60. The number of hydrogen-bond acceptors (Lipinski definition) is 4. The van der Waals surface area contributed by atoms with Gasteiger partial charge in [0.2, 0.25) is 5.91 Å². The number of rotatable bonds is 4. The summed E-state index contributed by atoms with van der Waals surface area (Å²) in [5, 5.41) is 13.5. The van der Waals surface area contributed by atoms with Crippen molar-refractivity contribution in [1.29, 1.82) is 5.26 Å². The first-order valence-corrected chi connectivity index (χ1v) is 9.46. The van der Waals surface area contributed by atoms with Gasteiger partial charge in [0.15, 0.2) is 0 Å². The van der Waals surface area contributed by atoms with Gasteiger partial charge in [-0.25, -0.2) is 0 Å². The van der Waals surface area contributed by atoms with Gasteiger partial charge in [0.05, 0.1) is 29.9 Å². The van der Waals surface area contributed by atoms with E-state index >= 15 is 0 Å². The lowest BCUT2D eigenvalue weighted by Gasteiger charge is -2.38. The maximum atomic E-state index is 13.0. The lowest BCUT2D eigenvalue weighted by molar-refractivity contribution is -0.123. The molecule has 0 unspecified atom stereocenters. The zero-order chi connectivity index (χ0) is 19.6. The molecule has 5 heteroatoms. The number of carbonyl (C=O) groups is 1. The van der Waals surface area contributed by atoms with Crippen LogP contribution in [0.25, 0.3) is 11.0 Å². The number of carbonyl (C=O) groups excluding carboxylic acids is 1. The van der Waals surface area contributed by atoms with Crippen LogP contribution in [0.15, 0.2) is 53.1 Å². The molecule has 2 heterocycles. The van der Waals surface area contributed by atoms with E-state index < -0.39 is 5.54 Å². The van der Waals surface area contributed by atoms with E-state index in [1.54, 1.807) is 12.3 Å². The molecule has 1 fully saturated rings. The predicted octanol–water partition coefficient (Wildman–Crippen LogP) is 3.98. The third-order valence-corrected chi connectivity index (χ3v) is 5.43. The van der Waals surface area contributed by atoms with Crippen LogP contribution in [0.3, 0.4) is 0 Å².